The summed E-state index contributed by atoms with van der Waals surface area (Å²) in [5, 5.41) is 2.68. The molecular weight excluding hydrogens is 392 g/mol. The van der Waals surface area contributed by atoms with Crippen LogP contribution in [0.1, 0.15) is 41.0 Å². The minimum Gasteiger partial charge on any atom is -0.494 e. The molecule has 0 radical (unpaired) electrons. The minimum absolute atomic E-state index is 0.328. The lowest BCUT2D eigenvalue weighted by Crippen LogP contribution is -2.25. The first-order chi connectivity index (χ1) is 14.9. The maximum atomic E-state index is 12.9. The third kappa shape index (κ3) is 5.34. The highest BCUT2D eigenvalue weighted by Crippen LogP contribution is 2.29. The quantitative estimate of drug-likeness (QED) is 0.400. The van der Waals surface area contributed by atoms with Crippen molar-refractivity contribution in [2.45, 2.75) is 34.2 Å². The molecule has 31 heavy (non-hydrogen) atoms. The van der Waals surface area contributed by atoms with Gasteiger partial charge >= 0.3 is 0 Å². The zero-order valence-corrected chi connectivity index (χ0v) is 18.4. The molecule has 0 bridgehead atoms. The number of hydrogen-bond acceptors (Lipinski definition) is 4. The Bertz CT molecular complexity index is 1080. The molecule has 3 rings (SSSR count). The number of hydrogen-bond donors (Lipinski definition) is 1. The summed E-state index contributed by atoms with van der Waals surface area (Å²) in [6.07, 6.45) is 1.80. The average Bonchev–Trinajstić information content (AvgIpc) is 3.20. The SMILES string of the molecule is CCOc1ccc(OCC)c(NC(=O)C(=O)c2cccn2Cc2ccc(C)c(C)c2)c1. The van der Waals surface area contributed by atoms with Crippen molar-refractivity contribution in [2.75, 3.05) is 18.5 Å². The van der Waals surface area contributed by atoms with Crippen LogP contribution in [0.25, 0.3) is 0 Å². The number of amides is 1. The molecular formula is C25H28N2O4. The van der Waals surface area contributed by atoms with Crippen LogP contribution < -0.4 is 14.8 Å². The monoisotopic (exact) mass is 420 g/mol. The summed E-state index contributed by atoms with van der Waals surface area (Å²) in [5.41, 5.74) is 4.20. The predicted octanol–water partition coefficient (Wildman–Crippen LogP) is 4.77. The van der Waals surface area contributed by atoms with E-state index < -0.39 is 11.7 Å². The van der Waals surface area contributed by atoms with E-state index >= 15 is 0 Å². The van der Waals surface area contributed by atoms with Gasteiger partial charge < -0.3 is 19.4 Å². The van der Waals surface area contributed by atoms with E-state index in [-0.39, 0.29) is 0 Å². The van der Waals surface area contributed by atoms with Gasteiger partial charge in [0.15, 0.2) is 0 Å². The summed E-state index contributed by atoms with van der Waals surface area (Å²) in [7, 11) is 0. The van der Waals surface area contributed by atoms with E-state index in [9.17, 15) is 9.59 Å². The van der Waals surface area contributed by atoms with Crippen molar-refractivity contribution in [2.24, 2.45) is 0 Å². The second kappa shape index (κ2) is 9.98. The third-order valence-corrected chi connectivity index (χ3v) is 5.00. The van der Waals surface area contributed by atoms with Crippen molar-refractivity contribution in [1.29, 1.82) is 0 Å². The van der Waals surface area contributed by atoms with Crippen LogP contribution in [0.3, 0.4) is 0 Å². The number of aromatic nitrogens is 1. The molecule has 1 aromatic heterocycles. The van der Waals surface area contributed by atoms with Crippen LogP contribution >= 0.6 is 0 Å². The van der Waals surface area contributed by atoms with Crippen molar-refractivity contribution in [3.63, 3.8) is 0 Å². The first-order valence-electron chi connectivity index (χ1n) is 10.4. The number of Topliss-reactive ketones (excluding diaryl/α,β-unsaturated/α-hetero) is 1. The molecule has 1 N–H and O–H groups in total. The minimum atomic E-state index is -0.727. The van der Waals surface area contributed by atoms with Crippen molar-refractivity contribution < 1.29 is 19.1 Å². The fraction of sp³-hybridized carbons (Fsp3) is 0.280. The molecule has 0 unspecified atom stereocenters. The number of nitrogens with zero attached hydrogens (tertiary/aromatic N) is 1. The van der Waals surface area contributed by atoms with Crippen LogP contribution in [0.2, 0.25) is 0 Å². The van der Waals surface area contributed by atoms with Crippen LogP contribution in [0.4, 0.5) is 5.69 Å². The molecule has 0 aliphatic carbocycles. The fourth-order valence-electron chi connectivity index (χ4n) is 3.30. The van der Waals surface area contributed by atoms with Gasteiger partial charge in [-0.2, -0.15) is 0 Å². The van der Waals surface area contributed by atoms with Crippen LogP contribution in [0.5, 0.6) is 11.5 Å². The summed E-state index contributed by atoms with van der Waals surface area (Å²) in [6.45, 7) is 9.28. The highest BCUT2D eigenvalue weighted by molar-refractivity contribution is 6.46. The highest BCUT2D eigenvalue weighted by Gasteiger charge is 2.21. The standard InChI is InChI=1S/C25H28N2O4/c1-5-30-20-11-12-23(31-6-2)21(15-20)26-25(29)24(28)22-8-7-13-27(22)16-19-10-9-17(3)18(4)14-19/h7-15H,5-6,16H2,1-4H3,(H,26,29). The van der Waals surface area contributed by atoms with Crippen molar-refractivity contribution in [3.8, 4) is 11.5 Å². The Hall–Kier alpha value is -3.54. The van der Waals surface area contributed by atoms with E-state index in [0.717, 1.165) is 5.56 Å². The molecule has 162 valence electrons. The third-order valence-electron chi connectivity index (χ3n) is 5.00. The zero-order valence-electron chi connectivity index (χ0n) is 18.4. The molecule has 0 fully saturated rings. The van der Waals surface area contributed by atoms with Crippen LogP contribution in [0.15, 0.2) is 54.7 Å². The van der Waals surface area contributed by atoms with Crippen LogP contribution in [0, 0.1) is 13.8 Å². The number of carbonyl (C=O) groups excluding carboxylic acids is 2. The van der Waals surface area contributed by atoms with Gasteiger partial charge in [-0.05, 0) is 68.7 Å². The van der Waals surface area contributed by atoms with Gasteiger partial charge in [0, 0.05) is 18.8 Å². The van der Waals surface area contributed by atoms with Gasteiger partial charge in [-0.1, -0.05) is 18.2 Å². The van der Waals surface area contributed by atoms with Gasteiger partial charge in [0.05, 0.1) is 24.6 Å². The Morgan fingerprint density at radius 1 is 0.935 bits per heavy atom. The van der Waals surface area contributed by atoms with E-state index in [1.54, 1.807) is 41.1 Å². The highest BCUT2D eigenvalue weighted by atomic mass is 16.5. The topological polar surface area (TPSA) is 69.6 Å². The molecule has 0 aliphatic heterocycles. The van der Waals surface area contributed by atoms with E-state index in [1.807, 2.05) is 19.9 Å². The molecule has 1 heterocycles. The van der Waals surface area contributed by atoms with Gasteiger partial charge in [0.2, 0.25) is 0 Å². The lowest BCUT2D eigenvalue weighted by atomic mass is 10.1. The lowest BCUT2D eigenvalue weighted by molar-refractivity contribution is -0.112. The Labute approximate surface area is 182 Å². The second-order valence-electron chi connectivity index (χ2n) is 7.25. The van der Waals surface area contributed by atoms with Gasteiger partial charge in [0.25, 0.3) is 11.7 Å². The number of carbonyl (C=O) groups is 2. The molecule has 0 atom stereocenters. The first kappa shape index (κ1) is 22.2. The lowest BCUT2D eigenvalue weighted by Gasteiger charge is -2.14. The number of benzene rings is 2. The van der Waals surface area contributed by atoms with Gasteiger partial charge in [0.1, 0.15) is 11.5 Å². The molecule has 3 aromatic rings. The van der Waals surface area contributed by atoms with Gasteiger partial charge in [-0.25, -0.2) is 0 Å². The average molecular weight is 421 g/mol. The van der Waals surface area contributed by atoms with E-state index in [2.05, 4.69) is 31.3 Å². The van der Waals surface area contributed by atoms with Gasteiger partial charge in [-0.3, -0.25) is 9.59 Å². The van der Waals surface area contributed by atoms with Crippen LogP contribution in [-0.4, -0.2) is 29.5 Å². The first-order valence-corrected chi connectivity index (χ1v) is 10.4. The summed E-state index contributed by atoms with van der Waals surface area (Å²) in [4.78, 5) is 25.7. The summed E-state index contributed by atoms with van der Waals surface area (Å²) in [6, 6.07) is 14.8. The maximum absolute atomic E-state index is 12.9. The summed E-state index contributed by atoms with van der Waals surface area (Å²) in [5.74, 6) is -0.267. The van der Waals surface area contributed by atoms with E-state index in [1.165, 1.54) is 11.1 Å². The molecule has 2 aromatic carbocycles. The van der Waals surface area contributed by atoms with Crippen molar-refractivity contribution in [1.82, 2.24) is 4.57 Å². The largest absolute Gasteiger partial charge is 0.494 e. The second-order valence-corrected chi connectivity index (χ2v) is 7.25. The maximum Gasteiger partial charge on any atom is 0.298 e. The zero-order chi connectivity index (χ0) is 22.4. The molecule has 0 saturated heterocycles. The number of aryl methyl sites for hydroxylation is 2. The molecule has 6 heteroatoms. The Morgan fingerprint density at radius 3 is 2.42 bits per heavy atom. The smallest absolute Gasteiger partial charge is 0.298 e. The molecule has 0 aliphatic rings. The molecule has 0 saturated carbocycles. The Balaban J connectivity index is 1.80. The van der Waals surface area contributed by atoms with Crippen molar-refractivity contribution >= 4 is 17.4 Å². The Morgan fingerprint density at radius 2 is 1.71 bits per heavy atom. The summed E-state index contributed by atoms with van der Waals surface area (Å²) >= 11 is 0. The molecule has 1 amide bonds. The number of nitrogens with one attached hydrogen (secondary N) is 1. The molecule has 6 nitrogen and oxygen atoms in total. The normalized spacial score (nSPS) is 10.6. The summed E-state index contributed by atoms with van der Waals surface area (Å²) < 4.78 is 12.9. The van der Waals surface area contributed by atoms with E-state index in [4.69, 9.17) is 9.47 Å². The number of anilines is 1. The van der Waals surface area contributed by atoms with Gasteiger partial charge in [-0.15, -0.1) is 0 Å². The van der Waals surface area contributed by atoms with Crippen molar-refractivity contribution in [3.05, 3.63) is 77.1 Å². The number of rotatable bonds is 9. The van der Waals surface area contributed by atoms with Crippen LogP contribution in [-0.2, 0) is 11.3 Å². The fourth-order valence-corrected chi connectivity index (χ4v) is 3.30. The number of ether oxygens (including phenoxy) is 2. The number of ketones is 1. The predicted molar refractivity (Wildman–Crippen MR) is 121 cm³/mol. The Kier molecular flexibility index (Phi) is 7.13. The molecule has 0 spiro atoms. The van der Waals surface area contributed by atoms with E-state index in [0.29, 0.717) is 42.6 Å².